The van der Waals surface area contributed by atoms with Crippen molar-refractivity contribution >= 4 is 0 Å². The Morgan fingerprint density at radius 1 is 1.06 bits per heavy atom. The first-order valence-electron chi connectivity index (χ1n) is 7.44. The van der Waals surface area contributed by atoms with Crippen LogP contribution in [0.15, 0.2) is 30.3 Å². The fraction of sp³-hybridized carbons (Fsp3) is 0.647. The van der Waals surface area contributed by atoms with Crippen LogP contribution >= 0.6 is 0 Å². The summed E-state index contributed by atoms with van der Waals surface area (Å²) in [5.74, 6) is 0.759. The molecule has 0 radical (unpaired) electrons. The Morgan fingerprint density at radius 2 is 1.72 bits per heavy atom. The highest BCUT2D eigenvalue weighted by atomic mass is 14.9. The Kier molecular flexibility index (Phi) is 7.04. The quantitative estimate of drug-likeness (QED) is 0.686. The molecule has 0 fully saturated rings. The molecule has 1 N–H and O–H groups in total. The van der Waals surface area contributed by atoms with E-state index in [1.54, 1.807) is 0 Å². The lowest BCUT2D eigenvalue weighted by Gasteiger charge is -2.25. The van der Waals surface area contributed by atoms with Crippen LogP contribution in [0.1, 0.15) is 65.0 Å². The fourth-order valence-electron chi connectivity index (χ4n) is 2.56. The number of unbranched alkanes of at least 4 members (excludes halogenated alkanes) is 1. The smallest absolute Gasteiger partial charge is 0.0322 e. The van der Waals surface area contributed by atoms with Crippen LogP contribution in [0.25, 0.3) is 0 Å². The van der Waals surface area contributed by atoms with Crippen molar-refractivity contribution in [2.24, 2.45) is 5.92 Å². The van der Waals surface area contributed by atoms with E-state index in [9.17, 15) is 0 Å². The molecule has 0 heterocycles. The van der Waals surface area contributed by atoms with E-state index < -0.39 is 0 Å². The number of hydrogen-bond donors (Lipinski definition) is 1. The summed E-state index contributed by atoms with van der Waals surface area (Å²) >= 11 is 0. The van der Waals surface area contributed by atoms with Gasteiger partial charge in [-0.1, -0.05) is 63.9 Å². The van der Waals surface area contributed by atoms with Gasteiger partial charge in [0.1, 0.15) is 0 Å². The van der Waals surface area contributed by atoms with E-state index in [4.69, 9.17) is 0 Å². The van der Waals surface area contributed by atoms with E-state index in [1.807, 2.05) is 0 Å². The summed E-state index contributed by atoms with van der Waals surface area (Å²) in [6.07, 6.45) is 5.04. The van der Waals surface area contributed by atoms with Crippen molar-refractivity contribution in [2.45, 2.75) is 65.5 Å². The van der Waals surface area contributed by atoms with Gasteiger partial charge < -0.3 is 5.32 Å². The molecule has 1 rings (SSSR count). The van der Waals surface area contributed by atoms with Gasteiger partial charge in [0.15, 0.2) is 0 Å². The first-order valence-corrected chi connectivity index (χ1v) is 7.44. The minimum Gasteiger partial charge on any atom is -0.307 e. The highest BCUT2D eigenvalue weighted by molar-refractivity contribution is 5.18. The summed E-state index contributed by atoms with van der Waals surface area (Å²) < 4.78 is 0. The molecule has 2 atom stereocenters. The van der Waals surface area contributed by atoms with E-state index in [-0.39, 0.29) is 0 Å². The SMILES string of the molecule is CCCCC(NC(C)CC(C)C)c1ccccc1. The molecule has 0 saturated heterocycles. The molecule has 0 bridgehead atoms. The van der Waals surface area contributed by atoms with Gasteiger partial charge in [0.05, 0.1) is 0 Å². The third kappa shape index (κ3) is 5.68. The van der Waals surface area contributed by atoms with Crippen molar-refractivity contribution in [3.05, 3.63) is 35.9 Å². The minimum absolute atomic E-state index is 0.514. The fourth-order valence-corrected chi connectivity index (χ4v) is 2.56. The molecule has 18 heavy (non-hydrogen) atoms. The second-order valence-electron chi connectivity index (χ2n) is 5.80. The largest absolute Gasteiger partial charge is 0.307 e. The lowest BCUT2D eigenvalue weighted by Crippen LogP contribution is -2.31. The first kappa shape index (κ1) is 15.2. The minimum atomic E-state index is 0.514. The standard InChI is InChI=1S/C17H29N/c1-5-6-12-17(16-10-8-7-9-11-16)18-15(4)13-14(2)3/h7-11,14-15,17-18H,5-6,12-13H2,1-4H3. The molecular weight excluding hydrogens is 218 g/mol. The van der Waals surface area contributed by atoms with Crippen LogP contribution in [0, 0.1) is 5.92 Å². The van der Waals surface area contributed by atoms with Gasteiger partial charge in [0, 0.05) is 12.1 Å². The van der Waals surface area contributed by atoms with Crippen molar-refractivity contribution in [3.63, 3.8) is 0 Å². The predicted octanol–water partition coefficient (Wildman–Crippen LogP) is 4.94. The van der Waals surface area contributed by atoms with Gasteiger partial charge >= 0.3 is 0 Å². The molecule has 102 valence electrons. The lowest BCUT2D eigenvalue weighted by molar-refractivity contribution is 0.376. The number of nitrogens with one attached hydrogen (secondary N) is 1. The van der Waals surface area contributed by atoms with Gasteiger partial charge in [-0.2, -0.15) is 0 Å². The van der Waals surface area contributed by atoms with Gasteiger partial charge in [-0.25, -0.2) is 0 Å². The van der Waals surface area contributed by atoms with Crippen molar-refractivity contribution in [1.82, 2.24) is 5.32 Å². The van der Waals surface area contributed by atoms with E-state index in [0.717, 1.165) is 5.92 Å². The third-order valence-electron chi connectivity index (χ3n) is 3.36. The Balaban J connectivity index is 2.61. The zero-order valence-electron chi connectivity index (χ0n) is 12.4. The molecule has 0 aromatic heterocycles. The van der Waals surface area contributed by atoms with E-state index in [0.29, 0.717) is 12.1 Å². The maximum absolute atomic E-state index is 3.80. The summed E-state index contributed by atoms with van der Waals surface area (Å²) in [6, 6.07) is 12.0. The van der Waals surface area contributed by atoms with Gasteiger partial charge in [-0.15, -0.1) is 0 Å². The number of rotatable bonds is 8. The molecule has 1 nitrogen and oxygen atoms in total. The Bertz CT molecular complexity index is 305. The Labute approximate surface area is 113 Å². The van der Waals surface area contributed by atoms with Crippen LogP contribution in [0.4, 0.5) is 0 Å². The number of hydrogen-bond acceptors (Lipinski definition) is 1. The van der Waals surface area contributed by atoms with Gasteiger partial charge in [-0.3, -0.25) is 0 Å². The monoisotopic (exact) mass is 247 g/mol. The second-order valence-corrected chi connectivity index (χ2v) is 5.80. The van der Waals surface area contributed by atoms with E-state index in [1.165, 1.54) is 31.2 Å². The third-order valence-corrected chi connectivity index (χ3v) is 3.36. The summed E-state index contributed by atoms with van der Waals surface area (Å²) in [5.41, 5.74) is 1.43. The molecule has 1 aromatic rings. The summed E-state index contributed by atoms with van der Waals surface area (Å²) in [4.78, 5) is 0. The van der Waals surface area contributed by atoms with Crippen molar-refractivity contribution in [3.8, 4) is 0 Å². The highest BCUT2D eigenvalue weighted by Crippen LogP contribution is 2.21. The molecule has 0 aliphatic rings. The normalized spacial score (nSPS) is 14.7. The van der Waals surface area contributed by atoms with Crippen LogP contribution in [0.2, 0.25) is 0 Å². The Morgan fingerprint density at radius 3 is 2.28 bits per heavy atom. The number of benzene rings is 1. The van der Waals surface area contributed by atoms with Crippen molar-refractivity contribution in [2.75, 3.05) is 0 Å². The molecule has 0 aliphatic heterocycles. The zero-order valence-corrected chi connectivity index (χ0v) is 12.4. The molecular formula is C17H29N. The van der Waals surface area contributed by atoms with E-state index in [2.05, 4.69) is 63.3 Å². The zero-order chi connectivity index (χ0) is 13.4. The maximum atomic E-state index is 3.80. The highest BCUT2D eigenvalue weighted by Gasteiger charge is 2.14. The average Bonchev–Trinajstić information content (AvgIpc) is 2.34. The van der Waals surface area contributed by atoms with Crippen molar-refractivity contribution < 1.29 is 0 Å². The van der Waals surface area contributed by atoms with Crippen LogP contribution in [0.5, 0.6) is 0 Å². The maximum Gasteiger partial charge on any atom is 0.0322 e. The van der Waals surface area contributed by atoms with E-state index >= 15 is 0 Å². The molecule has 1 aromatic carbocycles. The topological polar surface area (TPSA) is 12.0 Å². The van der Waals surface area contributed by atoms with Crippen LogP contribution in [-0.4, -0.2) is 6.04 Å². The molecule has 0 spiro atoms. The molecule has 0 saturated carbocycles. The molecule has 2 unspecified atom stereocenters. The lowest BCUT2D eigenvalue weighted by atomic mass is 9.98. The average molecular weight is 247 g/mol. The summed E-state index contributed by atoms with van der Waals surface area (Å²) in [6.45, 7) is 9.16. The summed E-state index contributed by atoms with van der Waals surface area (Å²) in [5, 5.41) is 3.80. The van der Waals surface area contributed by atoms with Crippen molar-refractivity contribution in [1.29, 1.82) is 0 Å². The molecule has 1 heteroatoms. The second kappa shape index (κ2) is 8.31. The molecule has 0 amide bonds. The van der Waals surface area contributed by atoms with Crippen LogP contribution < -0.4 is 5.32 Å². The van der Waals surface area contributed by atoms with Gasteiger partial charge in [0.2, 0.25) is 0 Å². The molecule has 0 aliphatic carbocycles. The Hall–Kier alpha value is -0.820. The van der Waals surface area contributed by atoms with Gasteiger partial charge in [-0.05, 0) is 31.2 Å². The van der Waals surface area contributed by atoms with Crippen LogP contribution in [0.3, 0.4) is 0 Å². The predicted molar refractivity (Wildman–Crippen MR) is 80.8 cm³/mol. The first-order chi connectivity index (χ1) is 8.63. The van der Waals surface area contributed by atoms with Gasteiger partial charge in [0.25, 0.3) is 0 Å². The summed E-state index contributed by atoms with van der Waals surface area (Å²) in [7, 11) is 0. The van der Waals surface area contributed by atoms with Crippen LogP contribution in [-0.2, 0) is 0 Å².